The number of aliphatic hydroxyl groups is 1. The van der Waals surface area contributed by atoms with Crippen LogP contribution in [0.1, 0.15) is 58.8 Å². The molecule has 128 valence electrons. The van der Waals surface area contributed by atoms with E-state index in [1.165, 1.54) is 25.7 Å². The predicted octanol–water partition coefficient (Wildman–Crippen LogP) is 2.20. The number of hydrogen-bond donors (Lipinski definition) is 2. The van der Waals surface area contributed by atoms with Gasteiger partial charge in [0, 0.05) is 25.7 Å². The number of likely N-dealkylation sites (tertiary alicyclic amines) is 2. The van der Waals surface area contributed by atoms with Gasteiger partial charge in [0.2, 0.25) is 0 Å². The van der Waals surface area contributed by atoms with E-state index in [1.54, 1.807) is 0 Å². The third kappa shape index (κ3) is 5.76. The first-order valence-corrected chi connectivity index (χ1v) is 8.96. The van der Waals surface area contributed by atoms with Gasteiger partial charge in [-0.05, 0) is 59.0 Å². The molecular weight excluding hydrogens is 278 g/mol. The Bertz CT molecular complexity index is 352. The molecular formula is C17H33N3O2. The van der Waals surface area contributed by atoms with Crippen LogP contribution in [0.25, 0.3) is 0 Å². The van der Waals surface area contributed by atoms with Crippen molar-refractivity contribution in [3.63, 3.8) is 0 Å². The molecule has 5 heteroatoms. The molecule has 22 heavy (non-hydrogen) atoms. The third-order valence-corrected chi connectivity index (χ3v) is 4.95. The molecule has 0 saturated carbocycles. The molecule has 2 N–H and O–H groups in total. The van der Waals surface area contributed by atoms with Gasteiger partial charge in [-0.3, -0.25) is 0 Å². The van der Waals surface area contributed by atoms with Crippen LogP contribution in [0.15, 0.2) is 0 Å². The van der Waals surface area contributed by atoms with Crippen molar-refractivity contribution >= 4 is 6.03 Å². The highest BCUT2D eigenvalue weighted by Gasteiger charge is 2.27. The van der Waals surface area contributed by atoms with Crippen molar-refractivity contribution in [1.82, 2.24) is 15.1 Å². The maximum Gasteiger partial charge on any atom is 0.317 e. The first-order valence-electron chi connectivity index (χ1n) is 8.96. The summed E-state index contributed by atoms with van der Waals surface area (Å²) in [6.45, 7) is 8.62. The summed E-state index contributed by atoms with van der Waals surface area (Å²) in [6, 6.07) is 0.203. The van der Waals surface area contributed by atoms with Crippen molar-refractivity contribution in [2.45, 2.75) is 70.4 Å². The zero-order valence-corrected chi connectivity index (χ0v) is 14.3. The van der Waals surface area contributed by atoms with Crippen molar-refractivity contribution in [3.05, 3.63) is 0 Å². The van der Waals surface area contributed by atoms with Crippen molar-refractivity contribution in [2.75, 3.05) is 32.7 Å². The highest BCUT2D eigenvalue weighted by atomic mass is 16.3. The van der Waals surface area contributed by atoms with Gasteiger partial charge in [0.15, 0.2) is 0 Å². The van der Waals surface area contributed by atoms with Crippen LogP contribution in [-0.2, 0) is 0 Å². The van der Waals surface area contributed by atoms with E-state index < -0.39 is 5.60 Å². The molecule has 2 aliphatic rings. The first kappa shape index (κ1) is 17.5. The highest BCUT2D eigenvalue weighted by molar-refractivity contribution is 5.74. The first-order chi connectivity index (χ1) is 10.5. The summed E-state index contributed by atoms with van der Waals surface area (Å²) in [4.78, 5) is 16.7. The van der Waals surface area contributed by atoms with Crippen molar-refractivity contribution in [1.29, 1.82) is 0 Å². The van der Waals surface area contributed by atoms with E-state index in [-0.39, 0.29) is 12.1 Å². The fourth-order valence-corrected chi connectivity index (χ4v) is 3.52. The van der Waals surface area contributed by atoms with Crippen molar-refractivity contribution < 1.29 is 9.90 Å². The molecule has 2 aliphatic heterocycles. The summed E-state index contributed by atoms with van der Waals surface area (Å²) in [5.74, 6) is 0. The quantitative estimate of drug-likeness (QED) is 0.840. The third-order valence-electron chi connectivity index (χ3n) is 4.95. The van der Waals surface area contributed by atoms with Gasteiger partial charge in [0.25, 0.3) is 0 Å². The minimum atomic E-state index is -0.618. The Labute approximate surface area is 135 Å². The molecule has 0 radical (unpaired) electrons. The molecule has 0 aromatic rings. The van der Waals surface area contributed by atoms with Crippen LogP contribution in [-0.4, -0.2) is 65.3 Å². The standard InChI is InChI=1S/C17H33N3O2/c1-15(14-19-10-5-3-4-6-11-19)18-16(21)20-12-7-8-17(2,22)9-13-20/h15,22H,3-14H2,1-2H3,(H,18,21). The Morgan fingerprint density at radius 1 is 1.09 bits per heavy atom. The van der Waals surface area contributed by atoms with Crippen molar-refractivity contribution in [3.8, 4) is 0 Å². The Hall–Kier alpha value is -0.810. The van der Waals surface area contributed by atoms with Crippen LogP contribution in [0, 0.1) is 0 Å². The number of amides is 2. The number of nitrogens with zero attached hydrogens (tertiary/aromatic N) is 2. The second-order valence-corrected chi connectivity index (χ2v) is 7.40. The number of nitrogens with one attached hydrogen (secondary N) is 1. The molecule has 2 heterocycles. The summed E-state index contributed by atoms with van der Waals surface area (Å²) in [5, 5.41) is 13.2. The minimum Gasteiger partial charge on any atom is -0.390 e. The number of urea groups is 1. The number of carbonyl (C=O) groups excluding carboxylic acids is 1. The summed E-state index contributed by atoms with van der Waals surface area (Å²) in [7, 11) is 0. The van der Waals surface area contributed by atoms with Crippen LogP contribution < -0.4 is 5.32 Å². The minimum absolute atomic E-state index is 0.0278. The van der Waals surface area contributed by atoms with E-state index in [9.17, 15) is 9.90 Å². The molecule has 0 aromatic heterocycles. The maximum absolute atomic E-state index is 12.4. The molecule has 0 bridgehead atoms. The van der Waals surface area contributed by atoms with E-state index >= 15 is 0 Å². The number of hydrogen-bond acceptors (Lipinski definition) is 3. The topological polar surface area (TPSA) is 55.8 Å². The monoisotopic (exact) mass is 311 g/mol. The summed E-state index contributed by atoms with van der Waals surface area (Å²) < 4.78 is 0. The van der Waals surface area contributed by atoms with Gasteiger partial charge in [0.1, 0.15) is 0 Å². The van der Waals surface area contributed by atoms with Gasteiger partial charge < -0.3 is 20.2 Å². The lowest BCUT2D eigenvalue weighted by Gasteiger charge is -2.28. The average Bonchev–Trinajstić information content (AvgIpc) is 2.79. The fraction of sp³-hybridized carbons (Fsp3) is 0.941. The van der Waals surface area contributed by atoms with E-state index in [1.807, 2.05) is 11.8 Å². The molecule has 2 amide bonds. The zero-order valence-electron chi connectivity index (χ0n) is 14.3. The number of rotatable bonds is 3. The molecule has 0 aliphatic carbocycles. The lowest BCUT2D eigenvalue weighted by Crippen LogP contribution is -2.48. The molecule has 5 nitrogen and oxygen atoms in total. The van der Waals surface area contributed by atoms with Gasteiger partial charge in [-0.2, -0.15) is 0 Å². The Balaban J connectivity index is 1.75. The molecule has 2 unspecified atom stereocenters. The summed E-state index contributed by atoms with van der Waals surface area (Å²) in [5.41, 5.74) is -0.618. The van der Waals surface area contributed by atoms with E-state index in [0.717, 1.165) is 39.0 Å². The van der Waals surface area contributed by atoms with Crippen LogP contribution in [0.3, 0.4) is 0 Å². The van der Waals surface area contributed by atoms with Gasteiger partial charge in [-0.25, -0.2) is 4.79 Å². The van der Waals surface area contributed by atoms with Crippen LogP contribution in [0.5, 0.6) is 0 Å². The van der Waals surface area contributed by atoms with Gasteiger partial charge in [-0.1, -0.05) is 12.8 Å². The largest absolute Gasteiger partial charge is 0.390 e. The zero-order chi connectivity index (χ0) is 16.0. The van der Waals surface area contributed by atoms with Crippen LogP contribution in [0.4, 0.5) is 4.79 Å². The lowest BCUT2D eigenvalue weighted by molar-refractivity contribution is 0.0456. The summed E-state index contributed by atoms with van der Waals surface area (Å²) in [6.07, 6.45) is 7.56. The molecule has 0 spiro atoms. The van der Waals surface area contributed by atoms with Gasteiger partial charge >= 0.3 is 6.03 Å². The molecule has 0 aromatic carbocycles. The van der Waals surface area contributed by atoms with E-state index in [2.05, 4.69) is 17.1 Å². The average molecular weight is 311 g/mol. The predicted molar refractivity (Wildman–Crippen MR) is 88.9 cm³/mol. The molecule has 2 rings (SSSR count). The van der Waals surface area contributed by atoms with Gasteiger partial charge in [0.05, 0.1) is 5.60 Å². The van der Waals surface area contributed by atoms with E-state index in [4.69, 9.17) is 0 Å². The Kier molecular flexibility index (Phi) is 6.50. The van der Waals surface area contributed by atoms with E-state index in [0.29, 0.717) is 13.0 Å². The Morgan fingerprint density at radius 2 is 1.77 bits per heavy atom. The normalized spacial score (nSPS) is 29.5. The lowest BCUT2D eigenvalue weighted by atomic mass is 9.98. The Morgan fingerprint density at radius 3 is 2.45 bits per heavy atom. The molecule has 2 saturated heterocycles. The highest BCUT2D eigenvalue weighted by Crippen LogP contribution is 2.21. The van der Waals surface area contributed by atoms with Crippen LogP contribution in [0.2, 0.25) is 0 Å². The molecule has 2 atom stereocenters. The molecule has 2 fully saturated rings. The van der Waals surface area contributed by atoms with Gasteiger partial charge in [-0.15, -0.1) is 0 Å². The smallest absolute Gasteiger partial charge is 0.317 e. The van der Waals surface area contributed by atoms with Crippen molar-refractivity contribution in [2.24, 2.45) is 0 Å². The van der Waals surface area contributed by atoms with Crippen LogP contribution >= 0.6 is 0 Å². The summed E-state index contributed by atoms with van der Waals surface area (Å²) >= 11 is 0. The second kappa shape index (κ2) is 8.16. The fourth-order valence-electron chi connectivity index (χ4n) is 3.52. The SMILES string of the molecule is CC(CN1CCCCCC1)NC(=O)N1CCCC(C)(O)CC1. The number of carbonyl (C=O) groups is 1. The second-order valence-electron chi connectivity index (χ2n) is 7.40. The maximum atomic E-state index is 12.4.